The zero-order valence-electron chi connectivity index (χ0n) is 24.4. The Kier molecular flexibility index (Phi) is 7.49. The standard InChI is InChI=1S/C33H35ClN4O5/c1-33(29-9-7-24(34)18-35-29)42-28-5-3-4-22(31(28)43-33)16-21-10-13-37(14-11-21)20-30-36-26-8-6-23(32(39)40-2)17-27(26)38(30)19-25-12-15-41-25/h3-9,17-18,21,25H,10-16,19-20H2,1-2H3/t25-,33?/m0/s1. The van der Waals surface area contributed by atoms with E-state index in [1.54, 1.807) is 18.3 Å². The molecule has 224 valence electrons. The molecule has 2 aromatic carbocycles. The highest BCUT2D eigenvalue weighted by atomic mass is 35.5. The number of para-hydroxylation sites is 1. The Labute approximate surface area is 255 Å². The van der Waals surface area contributed by atoms with Crippen LogP contribution in [-0.4, -0.2) is 58.3 Å². The maximum absolute atomic E-state index is 12.2. The van der Waals surface area contributed by atoms with E-state index in [4.69, 9.17) is 35.5 Å². The third-order valence-corrected chi connectivity index (χ3v) is 9.09. The smallest absolute Gasteiger partial charge is 0.337 e. The lowest BCUT2D eigenvalue weighted by Crippen LogP contribution is -2.36. The van der Waals surface area contributed by atoms with Crippen molar-refractivity contribution in [2.45, 2.75) is 57.6 Å². The highest BCUT2D eigenvalue weighted by molar-refractivity contribution is 6.30. The van der Waals surface area contributed by atoms with Gasteiger partial charge in [0.25, 0.3) is 5.79 Å². The molecule has 7 rings (SSSR count). The van der Waals surface area contributed by atoms with Crippen molar-refractivity contribution < 1.29 is 23.7 Å². The van der Waals surface area contributed by atoms with Crippen molar-refractivity contribution in [1.82, 2.24) is 19.4 Å². The topological polar surface area (TPSA) is 87.9 Å². The van der Waals surface area contributed by atoms with Crippen molar-refractivity contribution in [3.8, 4) is 11.5 Å². The molecule has 2 aromatic heterocycles. The molecule has 9 nitrogen and oxygen atoms in total. The number of pyridine rings is 1. The first-order chi connectivity index (χ1) is 20.9. The van der Waals surface area contributed by atoms with Gasteiger partial charge in [-0.3, -0.25) is 9.88 Å². The lowest BCUT2D eigenvalue weighted by molar-refractivity contribution is -0.0721. The zero-order valence-corrected chi connectivity index (χ0v) is 25.2. The zero-order chi connectivity index (χ0) is 29.6. The highest BCUT2D eigenvalue weighted by Crippen LogP contribution is 2.46. The fourth-order valence-corrected chi connectivity index (χ4v) is 6.44. The quantitative estimate of drug-likeness (QED) is 0.235. The molecule has 0 aliphatic carbocycles. The van der Waals surface area contributed by atoms with Crippen molar-refractivity contribution in [3.05, 3.63) is 82.4 Å². The van der Waals surface area contributed by atoms with Gasteiger partial charge in [0.15, 0.2) is 11.5 Å². The number of carbonyl (C=O) groups is 1. The lowest BCUT2D eigenvalue weighted by Gasteiger charge is -2.32. The van der Waals surface area contributed by atoms with Crippen LogP contribution in [0.15, 0.2) is 54.7 Å². The molecule has 1 unspecified atom stereocenters. The summed E-state index contributed by atoms with van der Waals surface area (Å²) < 4.78 is 25.6. The van der Waals surface area contributed by atoms with E-state index in [-0.39, 0.29) is 12.1 Å². The van der Waals surface area contributed by atoms with Gasteiger partial charge in [0, 0.05) is 19.7 Å². The van der Waals surface area contributed by atoms with E-state index in [1.165, 1.54) is 7.11 Å². The number of ether oxygens (including phenoxy) is 4. The number of imidazole rings is 1. The first kappa shape index (κ1) is 28.1. The Morgan fingerprint density at radius 3 is 2.67 bits per heavy atom. The Bertz CT molecular complexity index is 1650. The average Bonchev–Trinajstić information content (AvgIpc) is 3.53. The molecule has 10 heteroatoms. The predicted octanol–water partition coefficient (Wildman–Crippen LogP) is 5.76. The van der Waals surface area contributed by atoms with E-state index < -0.39 is 5.79 Å². The summed E-state index contributed by atoms with van der Waals surface area (Å²) in [7, 11) is 1.41. The minimum atomic E-state index is -0.986. The molecule has 2 atom stereocenters. The fourth-order valence-electron chi connectivity index (χ4n) is 6.33. The summed E-state index contributed by atoms with van der Waals surface area (Å²) in [6.45, 7) is 6.16. The number of carbonyl (C=O) groups excluding carboxylic acids is 1. The molecular formula is C33H35ClN4O5. The van der Waals surface area contributed by atoms with E-state index in [0.717, 1.165) is 92.4 Å². The molecule has 2 fully saturated rings. The first-order valence-electron chi connectivity index (χ1n) is 14.9. The number of likely N-dealkylation sites (tertiary alicyclic amines) is 1. The van der Waals surface area contributed by atoms with Gasteiger partial charge in [-0.05, 0) is 86.7 Å². The van der Waals surface area contributed by atoms with Gasteiger partial charge >= 0.3 is 5.97 Å². The van der Waals surface area contributed by atoms with Gasteiger partial charge in [-0.2, -0.15) is 0 Å². The Morgan fingerprint density at radius 1 is 1.12 bits per heavy atom. The monoisotopic (exact) mass is 602 g/mol. The molecule has 0 N–H and O–H groups in total. The fraction of sp³-hybridized carbons (Fsp3) is 0.424. The van der Waals surface area contributed by atoms with E-state index >= 15 is 0 Å². The number of hydrogen-bond donors (Lipinski definition) is 0. The second kappa shape index (κ2) is 11.4. The number of benzene rings is 2. The Morgan fingerprint density at radius 2 is 1.95 bits per heavy atom. The summed E-state index contributed by atoms with van der Waals surface area (Å²) in [4.78, 5) is 24.1. The van der Waals surface area contributed by atoms with Crippen molar-refractivity contribution in [2.75, 3.05) is 26.8 Å². The van der Waals surface area contributed by atoms with Crippen molar-refractivity contribution in [1.29, 1.82) is 0 Å². The van der Waals surface area contributed by atoms with Crippen LogP contribution in [0.25, 0.3) is 11.0 Å². The van der Waals surface area contributed by atoms with Gasteiger partial charge in [0.2, 0.25) is 0 Å². The van der Waals surface area contributed by atoms with Crippen LogP contribution in [0, 0.1) is 5.92 Å². The molecule has 0 spiro atoms. The minimum absolute atomic E-state index is 0.180. The number of esters is 1. The molecule has 0 radical (unpaired) electrons. The van der Waals surface area contributed by atoms with E-state index in [2.05, 4.69) is 20.5 Å². The normalized spacial score (nSPS) is 22.1. The molecule has 4 aromatic rings. The maximum atomic E-state index is 12.2. The predicted molar refractivity (Wildman–Crippen MR) is 161 cm³/mol. The first-order valence-corrected chi connectivity index (χ1v) is 15.3. The highest BCUT2D eigenvalue weighted by Gasteiger charge is 2.41. The third kappa shape index (κ3) is 5.57. The number of nitrogens with zero attached hydrogens (tertiary/aromatic N) is 4. The number of aromatic nitrogens is 3. The van der Waals surface area contributed by atoms with Crippen LogP contribution < -0.4 is 9.47 Å². The van der Waals surface area contributed by atoms with Crippen LogP contribution in [0.2, 0.25) is 5.02 Å². The van der Waals surface area contributed by atoms with Crippen molar-refractivity contribution >= 4 is 28.6 Å². The van der Waals surface area contributed by atoms with Gasteiger partial charge in [0.1, 0.15) is 11.5 Å². The SMILES string of the molecule is COC(=O)c1ccc2nc(CN3CCC(Cc4cccc5c4OC(C)(c4ccc(Cl)cn4)O5)CC3)n(C[C@@H]3CCO3)c2c1. The van der Waals surface area contributed by atoms with Gasteiger partial charge in [0.05, 0.1) is 47.9 Å². The molecule has 5 heterocycles. The Hall–Kier alpha value is -3.66. The van der Waals surface area contributed by atoms with Crippen LogP contribution >= 0.6 is 11.6 Å². The number of halogens is 1. The van der Waals surface area contributed by atoms with Crippen molar-refractivity contribution in [2.24, 2.45) is 5.92 Å². The molecule has 0 amide bonds. The summed E-state index contributed by atoms with van der Waals surface area (Å²) >= 11 is 6.04. The molecule has 0 bridgehead atoms. The van der Waals surface area contributed by atoms with E-state index in [1.807, 2.05) is 37.3 Å². The minimum Gasteiger partial charge on any atom is -0.465 e. The molecule has 3 aliphatic rings. The largest absolute Gasteiger partial charge is 0.465 e. The van der Waals surface area contributed by atoms with Crippen molar-refractivity contribution in [3.63, 3.8) is 0 Å². The molecule has 43 heavy (non-hydrogen) atoms. The van der Waals surface area contributed by atoms with Crippen LogP contribution in [0.5, 0.6) is 11.5 Å². The summed E-state index contributed by atoms with van der Waals surface area (Å²) in [5.74, 6) is 1.77. The van der Waals surface area contributed by atoms with Crippen LogP contribution in [0.1, 0.15) is 53.6 Å². The number of hydrogen-bond acceptors (Lipinski definition) is 8. The van der Waals surface area contributed by atoms with E-state index in [9.17, 15) is 4.79 Å². The molecule has 3 aliphatic heterocycles. The molecule has 2 saturated heterocycles. The second-order valence-electron chi connectivity index (χ2n) is 11.8. The second-order valence-corrected chi connectivity index (χ2v) is 12.2. The number of fused-ring (bicyclic) bond motifs is 2. The van der Waals surface area contributed by atoms with Gasteiger partial charge in [-0.15, -0.1) is 0 Å². The van der Waals surface area contributed by atoms with Gasteiger partial charge in [-0.1, -0.05) is 23.7 Å². The van der Waals surface area contributed by atoms with Gasteiger partial charge < -0.3 is 23.5 Å². The molecule has 0 saturated carbocycles. The summed E-state index contributed by atoms with van der Waals surface area (Å²) in [5, 5.41) is 0.576. The average molecular weight is 603 g/mol. The Balaban J connectivity index is 1.03. The van der Waals surface area contributed by atoms with Gasteiger partial charge in [-0.25, -0.2) is 9.78 Å². The summed E-state index contributed by atoms with van der Waals surface area (Å²) in [6.07, 6.45) is 5.92. The number of piperidine rings is 1. The number of methoxy groups -OCH3 is 1. The van der Waals surface area contributed by atoms with Crippen LogP contribution in [-0.2, 0) is 34.8 Å². The third-order valence-electron chi connectivity index (χ3n) is 8.86. The van der Waals surface area contributed by atoms with Crippen LogP contribution in [0.3, 0.4) is 0 Å². The maximum Gasteiger partial charge on any atom is 0.337 e. The molecular weight excluding hydrogens is 568 g/mol. The summed E-state index contributed by atoms with van der Waals surface area (Å²) in [6, 6.07) is 15.4. The van der Waals surface area contributed by atoms with Crippen LogP contribution in [0.4, 0.5) is 0 Å². The lowest BCUT2D eigenvalue weighted by atomic mass is 9.89. The van der Waals surface area contributed by atoms with E-state index in [0.29, 0.717) is 22.2 Å². The number of rotatable bonds is 8. The summed E-state index contributed by atoms with van der Waals surface area (Å²) in [5.41, 5.74) is 4.22.